The molecule has 4 rings (SSSR count). The fourth-order valence-corrected chi connectivity index (χ4v) is 4.02. The Labute approximate surface area is 146 Å². The maximum atomic E-state index is 11.3. The van der Waals surface area contributed by atoms with E-state index in [9.17, 15) is 10.1 Å². The minimum absolute atomic E-state index is 0.0743. The first kappa shape index (κ1) is 15.7. The molecule has 0 unspecified atom stereocenters. The average Bonchev–Trinajstić information content (AvgIpc) is 3.10. The SMILES string of the molecule is COc1cc([N+](=O)[O-])cc2c1N[C@@H](c1ccc(C)cc1)[C@H]1CC=C[C@@H]21. The lowest BCUT2D eigenvalue weighted by Gasteiger charge is -2.38. The summed E-state index contributed by atoms with van der Waals surface area (Å²) in [6.07, 6.45) is 5.31. The smallest absolute Gasteiger partial charge is 0.273 e. The van der Waals surface area contributed by atoms with Crippen LogP contribution >= 0.6 is 0 Å². The number of nitrogens with one attached hydrogen (secondary N) is 1. The highest BCUT2D eigenvalue weighted by Gasteiger charge is 2.40. The summed E-state index contributed by atoms with van der Waals surface area (Å²) in [5.41, 5.74) is 4.36. The number of aryl methyl sites for hydroxylation is 1. The number of nitro groups is 1. The first-order chi connectivity index (χ1) is 12.1. The maximum Gasteiger partial charge on any atom is 0.273 e. The van der Waals surface area contributed by atoms with Crippen molar-refractivity contribution >= 4 is 11.4 Å². The molecule has 1 aliphatic heterocycles. The van der Waals surface area contributed by atoms with Crippen LogP contribution in [0.2, 0.25) is 0 Å². The molecule has 1 N–H and O–H groups in total. The van der Waals surface area contributed by atoms with Crippen molar-refractivity contribution in [3.8, 4) is 5.75 Å². The number of benzene rings is 2. The van der Waals surface area contributed by atoms with Gasteiger partial charge in [0.1, 0.15) is 5.75 Å². The number of hydrogen-bond donors (Lipinski definition) is 1. The Morgan fingerprint density at radius 2 is 2.00 bits per heavy atom. The van der Waals surface area contributed by atoms with Crippen LogP contribution in [0.5, 0.6) is 5.75 Å². The quantitative estimate of drug-likeness (QED) is 0.499. The Balaban J connectivity index is 1.84. The van der Waals surface area contributed by atoms with E-state index in [0.717, 1.165) is 17.7 Å². The number of non-ortho nitro benzene ring substituents is 1. The van der Waals surface area contributed by atoms with Crippen LogP contribution in [-0.4, -0.2) is 12.0 Å². The molecule has 2 aliphatic rings. The van der Waals surface area contributed by atoms with Crippen LogP contribution in [0.1, 0.15) is 35.1 Å². The Kier molecular flexibility index (Phi) is 3.71. The zero-order valence-electron chi connectivity index (χ0n) is 14.2. The summed E-state index contributed by atoms with van der Waals surface area (Å²) in [6.45, 7) is 2.08. The minimum Gasteiger partial charge on any atom is -0.494 e. The van der Waals surface area contributed by atoms with Gasteiger partial charge in [-0.05, 0) is 30.4 Å². The molecule has 1 aliphatic carbocycles. The second-order valence-electron chi connectivity index (χ2n) is 6.76. The van der Waals surface area contributed by atoms with Crippen LogP contribution in [0.15, 0.2) is 48.6 Å². The largest absolute Gasteiger partial charge is 0.494 e. The predicted octanol–water partition coefficient (Wildman–Crippen LogP) is 4.74. The molecule has 2 aromatic carbocycles. The second-order valence-corrected chi connectivity index (χ2v) is 6.76. The topological polar surface area (TPSA) is 64.4 Å². The van der Waals surface area contributed by atoms with Crippen LogP contribution < -0.4 is 10.1 Å². The second kappa shape index (κ2) is 5.92. The lowest BCUT2D eigenvalue weighted by Crippen LogP contribution is -2.29. The third-order valence-electron chi connectivity index (χ3n) is 5.28. The fourth-order valence-electron chi connectivity index (χ4n) is 4.02. The molecule has 1 heterocycles. The number of rotatable bonds is 3. The Hall–Kier alpha value is -2.82. The molecule has 3 atom stereocenters. The van der Waals surface area contributed by atoms with Crippen molar-refractivity contribution < 1.29 is 9.66 Å². The normalized spacial score (nSPS) is 23.5. The summed E-state index contributed by atoms with van der Waals surface area (Å²) >= 11 is 0. The molecule has 25 heavy (non-hydrogen) atoms. The number of fused-ring (bicyclic) bond motifs is 3. The van der Waals surface area contributed by atoms with Crippen molar-refractivity contribution in [1.82, 2.24) is 0 Å². The standard InChI is InChI=1S/C20H20N2O3/c1-12-6-8-13(9-7-12)19-16-5-3-4-15(16)17-10-14(22(23)24)11-18(25-2)20(17)21-19/h3-4,6-11,15-16,19,21H,5H2,1-2H3/t15-,16+,19+/m1/s1. The van der Waals surface area contributed by atoms with Crippen LogP contribution in [0.4, 0.5) is 11.4 Å². The van der Waals surface area contributed by atoms with E-state index in [0.29, 0.717) is 11.7 Å². The van der Waals surface area contributed by atoms with E-state index >= 15 is 0 Å². The Morgan fingerprint density at radius 1 is 1.24 bits per heavy atom. The van der Waals surface area contributed by atoms with Crippen molar-refractivity contribution in [1.29, 1.82) is 0 Å². The van der Waals surface area contributed by atoms with Crippen LogP contribution in [0, 0.1) is 23.0 Å². The summed E-state index contributed by atoms with van der Waals surface area (Å²) in [4.78, 5) is 10.9. The number of ether oxygens (including phenoxy) is 1. The molecule has 0 radical (unpaired) electrons. The number of hydrogen-bond acceptors (Lipinski definition) is 4. The van der Waals surface area contributed by atoms with Gasteiger partial charge in [0.25, 0.3) is 5.69 Å². The van der Waals surface area contributed by atoms with Gasteiger partial charge in [-0.15, -0.1) is 0 Å². The van der Waals surface area contributed by atoms with Gasteiger partial charge in [-0.25, -0.2) is 0 Å². The van der Waals surface area contributed by atoms with Gasteiger partial charge in [-0.2, -0.15) is 0 Å². The van der Waals surface area contributed by atoms with Gasteiger partial charge in [0.2, 0.25) is 0 Å². The van der Waals surface area contributed by atoms with Gasteiger partial charge in [-0.1, -0.05) is 42.0 Å². The minimum atomic E-state index is -0.359. The number of nitro benzene ring substituents is 1. The average molecular weight is 336 g/mol. The molecule has 0 aromatic heterocycles. The van der Waals surface area contributed by atoms with E-state index in [1.165, 1.54) is 17.2 Å². The Morgan fingerprint density at radius 3 is 2.68 bits per heavy atom. The summed E-state index contributed by atoms with van der Waals surface area (Å²) < 4.78 is 5.46. The molecule has 0 saturated carbocycles. The molecule has 0 fully saturated rings. The van der Waals surface area contributed by atoms with Gasteiger partial charge in [0, 0.05) is 12.0 Å². The zero-order valence-corrected chi connectivity index (χ0v) is 14.2. The third kappa shape index (κ3) is 2.56. The lowest BCUT2D eigenvalue weighted by atomic mass is 9.76. The first-order valence-electron chi connectivity index (χ1n) is 8.44. The van der Waals surface area contributed by atoms with Crippen LogP contribution in [-0.2, 0) is 0 Å². The summed E-state index contributed by atoms with van der Waals surface area (Å²) in [6, 6.07) is 11.9. The zero-order chi connectivity index (χ0) is 17.6. The van der Waals surface area contributed by atoms with Crippen molar-refractivity contribution in [3.05, 3.63) is 75.4 Å². The molecular formula is C20H20N2O3. The van der Waals surface area contributed by atoms with Gasteiger partial charge >= 0.3 is 0 Å². The fraction of sp³-hybridized carbons (Fsp3) is 0.300. The highest BCUT2D eigenvalue weighted by molar-refractivity contribution is 5.71. The van der Waals surface area contributed by atoms with E-state index in [1.54, 1.807) is 13.2 Å². The molecule has 128 valence electrons. The molecular weight excluding hydrogens is 316 g/mol. The molecule has 2 aromatic rings. The van der Waals surface area contributed by atoms with E-state index in [4.69, 9.17) is 4.74 Å². The molecule has 5 heteroatoms. The molecule has 0 spiro atoms. The number of nitrogens with zero attached hydrogens (tertiary/aromatic N) is 1. The maximum absolute atomic E-state index is 11.3. The molecule has 5 nitrogen and oxygen atoms in total. The predicted molar refractivity (Wildman–Crippen MR) is 97.2 cm³/mol. The number of allylic oxidation sites excluding steroid dienone is 2. The van der Waals surface area contributed by atoms with Crippen molar-refractivity contribution in [2.24, 2.45) is 5.92 Å². The van der Waals surface area contributed by atoms with E-state index in [1.807, 2.05) is 0 Å². The van der Waals surface area contributed by atoms with Crippen LogP contribution in [0.3, 0.4) is 0 Å². The lowest BCUT2D eigenvalue weighted by molar-refractivity contribution is -0.385. The highest BCUT2D eigenvalue weighted by atomic mass is 16.6. The summed E-state index contributed by atoms with van der Waals surface area (Å²) in [5.74, 6) is 1.04. The number of anilines is 1. The van der Waals surface area contributed by atoms with Gasteiger partial charge in [0.15, 0.2) is 0 Å². The molecule has 0 saturated heterocycles. The molecule has 0 bridgehead atoms. The van der Waals surface area contributed by atoms with E-state index in [2.05, 4.69) is 48.7 Å². The third-order valence-corrected chi connectivity index (χ3v) is 5.28. The van der Waals surface area contributed by atoms with Gasteiger partial charge in [-0.3, -0.25) is 10.1 Å². The van der Waals surface area contributed by atoms with Gasteiger partial charge < -0.3 is 10.1 Å². The van der Waals surface area contributed by atoms with E-state index < -0.39 is 0 Å². The highest BCUT2D eigenvalue weighted by Crippen LogP contribution is 2.53. The van der Waals surface area contributed by atoms with Crippen molar-refractivity contribution in [2.75, 3.05) is 12.4 Å². The van der Waals surface area contributed by atoms with Crippen molar-refractivity contribution in [2.45, 2.75) is 25.3 Å². The summed E-state index contributed by atoms with van der Waals surface area (Å²) in [5, 5.41) is 14.9. The molecule has 0 amide bonds. The Bertz CT molecular complexity index is 858. The van der Waals surface area contributed by atoms with E-state index in [-0.39, 0.29) is 22.6 Å². The van der Waals surface area contributed by atoms with Gasteiger partial charge in [0.05, 0.1) is 29.8 Å². The number of methoxy groups -OCH3 is 1. The monoisotopic (exact) mass is 336 g/mol. The first-order valence-corrected chi connectivity index (χ1v) is 8.44. The van der Waals surface area contributed by atoms with Crippen LogP contribution in [0.25, 0.3) is 0 Å². The van der Waals surface area contributed by atoms with Crippen molar-refractivity contribution in [3.63, 3.8) is 0 Å². The summed E-state index contributed by atoms with van der Waals surface area (Å²) in [7, 11) is 1.55.